The number of hydrogen-bond donors (Lipinski definition) is 2. The van der Waals surface area contributed by atoms with E-state index in [2.05, 4.69) is 10.3 Å². The smallest absolute Gasteiger partial charge is 0.336 e. The maximum absolute atomic E-state index is 12.2. The Balaban J connectivity index is 2.19. The SMILES string of the molecule is Cc1c(C(=O)O)ccc2c1NC(=O)c1ccncc1S2. The maximum Gasteiger partial charge on any atom is 0.336 e. The fourth-order valence-electron chi connectivity index (χ4n) is 2.11. The highest BCUT2D eigenvalue weighted by atomic mass is 32.2. The van der Waals surface area contributed by atoms with Gasteiger partial charge in [0.05, 0.1) is 16.8 Å². The van der Waals surface area contributed by atoms with Crippen molar-refractivity contribution < 1.29 is 14.7 Å². The minimum atomic E-state index is -1.01. The van der Waals surface area contributed by atoms with Gasteiger partial charge in [0, 0.05) is 22.2 Å². The van der Waals surface area contributed by atoms with E-state index in [0.717, 1.165) is 9.79 Å². The van der Waals surface area contributed by atoms with Crippen molar-refractivity contribution in [3.63, 3.8) is 0 Å². The first-order valence-corrected chi connectivity index (χ1v) is 6.69. The lowest BCUT2D eigenvalue weighted by Crippen LogP contribution is -2.13. The molecule has 20 heavy (non-hydrogen) atoms. The fourth-order valence-corrected chi connectivity index (χ4v) is 3.17. The highest BCUT2D eigenvalue weighted by molar-refractivity contribution is 7.99. The molecule has 100 valence electrons. The molecule has 0 fully saturated rings. The summed E-state index contributed by atoms with van der Waals surface area (Å²) in [4.78, 5) is 29.0. The molecule has 5 nitrogen and oxygen atoms in total. The molecule has 2 heterocycles. The summed E-state index contributed by atoms with van der Waals surface area (Å²) in [6.45, 7) is 1.69. The molecule has 0 spiro atoms. The minimum Gasteiger partial charge on any atom is -0.478 e. The van der Waals surface area contributed by atoms with E-state index in [1.807, 2.05) is 0 Å². The molecular formula is C14H10N2O3S. The van der Waals surface area contributed by atoms with E-state index in [9.17, 15) is 9.59 Å². The van der Waals surface area contributed by atoms with Crippen LogP contribution in [-0.4, -0.2) is 22.0 Å². The van der Waals surface area contributed by atoms with Crippen molar-refractivity contribution in [3.05, 3.63) is 47.3 Å². The van der Waals surface area contributed by atoms with Gasteiger partial charge in [0.15, 0.2) is 0 Å². The van der Waals surface area contributed by atoms with Crippen LogP contribution in [0.25, 0.3) is 0 Å². The van der Waals surface area contributed by atoms with Crippen molar-refractivity contribution in [1.82, 2.24) is 4.98 Å². The Morgan fingerprint density at radius 3 is 2.85 bits per heavy atom. The molecule has 1 aliphatic heterocycles. The van der Waals surface area contributed by atoms with Gasteiger partial charge in [-0.2, -0.15) is 0 Å². The lowest BCUT2D eigenvalue weighted by Gasteiger charge is -2.11. The number of benzene rings is 1. The van der Waals surface area contributed by atoms with E-state index < -0.39 is 5.97 Å². The largest absolute Gasteiger partial charge is 0.478 e. The van der Waals surface area contributed by atoms with E-state index in [0.29, 0.717) is 16.8 Å². The van der Waals surface area contributed by atoms with Crippen molar-refractivity contribution in [2.75, 3.05) is 5.32 Å². The minimum absolute atomic E-state index is 0.189. The molecule has 2 N–H and O–H groups in total. The number of carboxylic acids is 1. The van der Waals surface area contributed by atoms with Gasteiger partial charge in [-0.1, -0.05) is 11.8 Å². The summed E-state index contributed by atoms with van der Waals surface area (Å²) in [6.07, 6.45) is 3.19. The normalized spacial score (nSPS) is 12.9. The third kappa shape index (κ3) is 1.94. The van der Waals surface area contributed by atoms with Gasteiger partial charge in [-0.3, -0.25) is 9.78 Å². The van der Waals surface area contributed by atoms with E-state index in [4.69, 9.17) is 5.11 Å². The van der Waals surface area contributed by atoms with Crippen molar-refractivity contribution in [3.8, 4) is 0 Å². The predicted octanol–water partition coefficient (Wildman–Crippen LogP) is 2.81. The zero-order chi connectivity index (χ0) is 14.3. The van der Waals surface area contributed by atoms with Gasteiger partial charge in [-0.25, -0.2) is 4.79 Å². The van der Waals surface area contributed by atoms with E-state index >= 15 is 0 Å². The number of carbonyl (C=O) groups is 2. The molecule has 0 saturated heterocycles. The first-order chi connectivity index (χ1) is 9.58. The number of aromatic nitrogens is 1. The van der Waals surface area contributed by atoms with Crippen molar-refractivity contribution >= 4 is 29.3 Å². The molecule has 0 atom stereocenters. The molecule has 1 aromatic carbocycles. The van der Waals surface area contributed by atoms with Crippen LogP contribution in [0.3, 0.4) is 0 Å². The van der Waals surface area contributed by atoms with Crippen LogP contribution in [0.2, 0.25) is 0 Å². The number of hydrogen-bond acceptors (Lipinski definition) is 4. The Morgan fingerprint density at radius 2 is 2.10 bits per heavy atom. The van der Waals surface area contributed by atoms with Gasteiger partial charge in [0.1, 0.15) is 0 Å². The third-order valence-electron chi connectivity index (χ3n) is 3.14. The molecule has 1 aliphatic rings. The third-order valence-corrected chi connectivity index (χ3v) is 4.25. The Kier molecular flexibility index (Phi) is 2.94. The second kappa shape index (κ2) is 4.64. The average molecular weight is 286 g/mol. The van der Waals surface area contributed by atoms with Gasteiger partial charge < -0.3 is 10.4 Å². The summed E-state index contributed by atoms with van der Waals surface area (Å²) in [5.41, 5.74) is 1.83. The zero-order valence-electron chi connectivity index (χ0n) is 10.5. The zero-order valence-corrected chi connectivity index (χ0v) is 11.3. The molecule has 1 amide bonds. The number of anilines is 1. The number of fused-ring (bicyclic) bond motifs is 2. The van der Waals surface area contributed by atoms with Crippen LogP contribution in [0.1, 0.15) is 26.3 Å². The lowest BCUT2D eigenvalue weighted by atomic mass is 10.1. The number of rotatable bonds is 1. The number of carboxylic acid groups (broad SMARTS) is 1. The molecule has 1 aromatic heterocycles. The Labute approximate surface area is 119 Å². The Bertz CT molecular complexity index is 743. The van der Waals surface area contributed by atoms with Gasteiger partial charge in [0.2, 0.25) is 0 Å². The number of nitrogens with zero attached hydrogens (tertiary/aromatic N) is 1. The van der Waals surface area contributed by atoms with Crippen LogP contribution in [-0.2, 0) is 0 Å². The molecule has 0 bridgehead atoms. The quantitative estimate of drug-likeness (QED) is 0.842. The summed E-state index contributed by atoms with van der Waals surface area (Å²) in [5.74, 6) is -1.26. The van der Waals surface area contributed by atoms with E-state index in [1.165, 1.54) is 11.8 Å². The number of aromatic carboxylic acids is 1. The average Bonchev–Trinajstić information content (AvgIpc) is 2.56. The lowest BCUT2D eigenvalue weighted by molar-refractivity contribution is 0.0695. The second-order valence-electron chi connectivity index (χ2n) is 4.34. The van der Waals surface area contributed by atoms with E-state index in [1.54, 1.807) is 37.5 Å². The van der Waals surface area contributed by atoms with Crippen molar-refractivity contribution in [1.29, 1.82) is 0 Å². The highest BCUT2D eigenvalue weighted by Gasteiger charge is 2.23. The van der Waals surface area contributed by atoms with Crippen LogP contribution in [0, 0.1) is 6.92 Å². The molecule has 3 rings (SSSR count). The van der Waals surface area contributed by atoms with Crippen LogP contribution in [0.5, 0.6) is 0 Å². The fraction of sp³-hybridized carbons (Fsp3) is 0.0714. The first kappa shape index (κ1) is 12.7. The Hall–Kier alpha value is -2.34. The summed E-state index contributed by atoms with van der Waals surface area (Å²) in [5, 5.41) is 11.9. The van der Waals surface area contributed by atoms with Crippen LogP contribution >= 0.6 is 11.8 Å². The maximum atomic E-state index is 12.2. The summed E-state index contributed by atoms with van der Waals surface area (Å²) < 4.78 is 0. The van der Waals surface area contributed by atoms with Crippen LogP contribution in [0.4, 0.5) is 5.69 Å². The van der Waals surface area contributed by atoms with Gasteiger partial charge in [-0.15, -0.1) is 0 Å². The summed E-state index contributed by atoms with van der Waals surface area (Å²) in [7, 11) is 0. The first-order valence-electron chi connectivity index (χ1n) is 5.88. The van der Waals surface area contributed by atoms with Crippen LogP contribution in [0.15, 0.2) is 40.4 Å². The van der Waals surface area contributed by atoms with E-state index in [-0.39, 0.29) is 11.5 Å². The second-order valence-corrected chi connectivity index (χ2v) is 5.43. The number of carbonyl (C=O) groups excluding carboxylic acids is 1. The molecular weight excluding hydrogens is 276 g/mol. The summed E-state index contributed by atoms with van der Waals surface area (Å²) >= 11 is 1.40. The van der Waals surface area contributed by atoms with Gasteiger partial charge in [-0.05, 0) is 30.7 Å². The molecule has 6 heteroatoms. The summed E-state index contributed by atoms with van der Waals surface area (Å²) in [6, 6.07) is 4.91. The molecule has 0 aliphatic carbocycles. The monoisotopic (exact) mass is 286 g/mol. The molecule has 0 unspecified atom stereocenters. The van der Waals surface area contributed by atoms with Crippen LogP contribution < -0.4 is 5.32 Å². The van der Waals surface area contributed by atoms with Gasteiger partial charge >= 0.3 is 5.97 Å². The molecule has 0 saturated carbocycles. The number of amides is 1. The standard InChI is InChI=1S/C14H10N2O3S/c1-7-8(14(18)19)2-3-10-12(7)16-13(17)9-4-5-15-6-11(9)20-10/h2-6H,1H3,(H,16,17)(H,18,19). The predicted molar refractivity (Wildman–Crippen MR) is 74.5 cm³/mol. The van der Waals surface area contributed by atoms with Gasteiger partial charge in [0.25, 0.3) is 5.91 Å². The van der Waals surface area contributed by atoms with Crippen molar-refractivity contribution in [2.24, 2.45) is 0 Å². The number of pyridine rings is 1. The van der Waals surface area contributed by atoms with Crippen molar-refractivity contribution in [2.45, 2.75) is 16.7 Å². The molecule has 0 radical (unpaired) electrons. The molecule has 2 aromatic rings. The Morgan fingerprint density at radius 1 is 1.30 bits per heavy atom. The highest BCUT2D eigenvalue weighted by Crippen LogP contribution is 2.40. The topological polar surface area (TPSA) is 79.3 Å². The number of nitrogens with one attached hydrogen (secondary N) is 1.